The number of para-hydroxylation sites is 3. The minimum absolute atomic E-state index is 0.280. The quantitative estimate of drug-likeness (QED) is 0.710. The number of ether oxygens (including phenoxy) is 1. The number of nitrogens with zero attached hydrogens (tertiary/aromatic N) is 2. The summed E-state index contributed by atoms with van der Waals surface area (Å²) in [4.78, 5) is 0. The minimum atomic E-state index is -0.554. The lowest BCUT2D eigenvalue weighted by Gasteiger charge is -2.10. The number of aliphatic hydroxyl groups excluding tert-OH is 1. The van der Waals surface area contributed by atoms with E-state index in [1.54, 1.807) is 0 Å². The zero-order valence-electron chi connectivity index (χ0n) is 12.7. The van der Waals surface area contributed by atoms with Crippen molar-refractivity contribution in [2.45, 2.75) is 26.1 Å². The number of rotatable bonds is 6. The first-order chi connectivity index (χ1) is 10.8. The van der Waals surface area contributed by atoms with Crippen LogP contribution < -0.4 is 9.30 Å². The molecule has 0 spiro atoms. The maximum absolute atomic E-state index is 10.3. The summed E-state index contributed by atoms with van der Waals surface area (Å²) < 4.78 is 9.88. The van der Waals surface area contributed by atoms with Crippen molar-refractivity contribution < 1.29 is 14.4 Å². The van der Waals surface area contributed by atoms with Gasteiger partial charge in [0.15, 0.2) is 11.0 Å². The van der Waals surface area contributed by atoms with Gasteiger partial charge in [0.2, 0.25) is 6.33 Å². The topological polar surface area (TPSA) is 38.3 Å². The van der Waals surface area contributed by atoms with Gasteiger partial charge < -0.3 is 9.84 Å². The van der Waals surface area contributed by atoms with Gasteiger partial charge in [-0.2, -0.15) is 0 Å². The zero-order valence-corrected chi connectivity index (χ0v) is 12.7. The molecule has 22 heavy (non-hydrogen) atoms. The van der Waals surface area contributed by atoms with Crippen LogP contribution in [0.3, 0.4) is 0 Å². The molecule has 0 radical (unpaired) electrons. The molecule has 0 aliphatic heterocycles. The summed E-state index contributed by atoms with van der Waals surface area (Å²) >= 11 is 0. The van der Waals surface area contributed by atoms with Crippen LogP contribution in [0.15, 0.2) is 60.9 Å². The van der Waals surface area contributed by atoms with Crippen LogP contribution >= 0.6 is 0 Å². The minimum Gasteiger partial charge on any atom is -0.491 e. The highest BCUT2D eigenvalue weighted by Crippen LogP contribution is 2.11. The molecule has 0 aliphatic rings. The highest BCUT2D eigenvalue weighted by Gasteiger charge is 2.17. The number of benzene rings is 2. The second-order valence-corrected chi connectivity index (χ2v) is 5.32. The number of hydrogen-bond donors (Lipinski definition) is 1. The van der Waals surface area contributed by atoms with E-state index in [9.17, 15) is 5.11 Å². The molecule has 0 unspecified atom stereocenters. The molecule has 1 aromatic heterocycles. The SMILES string of the molecule is CCn1c[n+](C[C@@H](O)COc2ccccc2)c2ccccc21. The summed E-state index contributed by atoms with van der Waals surface area (Å²) in [7, 11) is 0. The molecule has 114 valence electrons. The van der Waals surface area contributed by atoms with E-state index in [2.05, 4.69) is 34.5 Å². The first-order valence-electron chi connectivity index (χ1n) is 7.61. The normalized spacial score (nSPS) is 12.5. The van der Waals surface area contributed by atoms with E-state index in [1.165, 1.54) is 5.52 Å². The Hall–Kier alpha value is -2.33. The van der Waals surface area contributed by atoms with Crippen molar-refractivity contribution in [3.63, 3.8) is 0 Å². The Morgan fingerprint density at radius 3 is 2.59 bits per heavy atom. The number of aliphatic hydroxyl groups is 1. The summed E-state index contributed by atoms with van der Waals surface area (Å²) in [6, 6.07) is 17.8. The van der Waals surface area contributed by atoms with Gasteiger partial charge in [-0.15, -0.1) is 0 Å². The predicted octanol–water partition coefficient (Wildman–Crippen LogP) is 2.39. The maximum Gasteiger partial charge on any atom is 0.244 e. The van der Waals surface area contributed by atoms with Gasteiger partial charge >= 0.3 is 0 Å². The first kappa shape index (κ1) is 14.6. The molecular weight excluding hydrogens is 276 g/mol. The molecule has 2 aromatic carbocycles. The Kier molecular flexibility index (Phi) is 4.39. The molecule has 0 aliphatic carbocycles. The largest absolute Gasteiger partial charge is 0.491 e. The third-order valence-electron chi connectivity index (χ3n) is 3.71. The lowest BCUT2D eigenvalue weighted by atomic mass is 10.3. The van der Waals surface area contributed by atoms with Crippen molar-refractivity contribution in [2.75, 3.05) is 6.61 Å². The van der Waals surface area contributed by atoms with Crippen molar-refractivity contribution in [2.24, 2.45) is 0 Å². The molecule has 3 rings (SSSR count). The number of fused-ring (bicyclic) bond motifs is 1. The Morgan fingerprint density at radius 1 is 1.09 bits per heavy atom. The summed E-state index contributed by atoms with van der Waals surface area (Å²) in [6.07, 6.45) is 1.50. The predicted molar refractivity (Wildman–Crippen MR) is 85.8 cm³/mol. The fourth-order valence-electron chi connectivity index (χ4n) is 2.63. The monoisotopic (exact) mass is 297 g/mol. The van der Waals surface area contributed by atoms with Gasteiger partial charge in [0.1, 0.15) is 25.0 Å². The van der Waals surface area contributed by atoms with Crippen LogP contribution in [-0.2, 0) is 13.1 Å². The van der Waals surface area contributed by atoms with Crippen LogP contribution in [0.4, 0.5) is 0 Å². The molecule has 1 N–H and O–H groups in total. The van der Waals surface area contributed by atoms with Crippen LogP contribution in [-0.4, -0.2) is 22.4 Å². The maximum atomic E-state index is 10.3. The Morgan fingerprint density at radius 2 is 1.82 bits per heavy atom. The molecule has 3 aromatic rings. The van der Waals surface area contributed by atoms with Crippen molar-refractivity contribution in [3.05, 3.63) is 60.9 Å². The van der Waals surface area contributed by atoms with Gasteiger partial charge in [-0.3, -0.25) is 0 Å². The van der Waals surface area contributed by atoms with E-state index in [-0.39, 0.29) is 6.61 Å². The molecule has 1 heterocycles. The molecule has 1 atom stereocenters. The summed E-state index contributed by atoms with van der Waals surface area (Å²) in [5.74, 6) is 0.780. The Labute approximate surface area is 130 Å². The number of aromatic nitrogens is 2. The van der Waals surface area contributed by atoms with E-state index in [0.29, 0.717) is 6.54 Å². The average Bonchev–Trinajstić information content (AvgIpc) is 2.92. The van der Waals surface area contributed by atoms with E-state index in [1.807, 2.05) is 42.5 Å². The van der Waals surface area contributed by atoms with Gasteiger partial charge in [-0.1, -0.05) is 30.3 Å². The van der Waals surface area contributed by atoms with Crippen LogP contribution in [0.5, 0.6) is 5.75 Å². The number of imidazole rings is 1. The van der Waals surface area contributed by atoms with Gasteiger partial charge in [-0.25, -0.2) is 9.13 Å². The van der Waals surface area contributed by atoms with Gasteiger partial charge in [0.25, 0.3) is 0 Å². The molecule has 0 saturated heterocycles. The number of hydrogen-bond acceptors (Lipinski definition) is 2. The van der Waals surface area contributed by atoms with Crippen molar-refractivity contribution in [3.8, 4) is 5.75 Å². The second kappa shape index (κ2) is 6.62. The zero-order chi connectivity index (χ0) is 15.4. The second-order valence-electron chi connectivity index (χ2n) is 5.32. The van der Waals surface area contributed by atoms with Crippen LogP contribution in [0.25, 0.3) is 11.0 Å². The smallest absolute Gasteiger partial charge is 0.244 e. The van der Waals surface area contributed by atoms with Crippen LogP contribution in [0, 0.1) is 0 Å². The Balaban J connectivity index is 1.70. The van der Waals surface area contributed by atoms with Crippen LogP contribution in [0.2, 0.25) is 0 Å². The fourth-order valence-corrected chi connectivity index (χ4v) is 2.63. The summed E-state index contributed by atoms with van der Waals surface area (Å²) in [6.45, 7) is 3.82. The fraction of sp³-hybridized carbons (Fsp3) is 0.278. The lowest BCUT2D eigenvalue weighted by Crippen LogP contribution is -2.41. The Bertz CT molecular complexity index is 737. The number of aryl methyl sites for hydroxylation is 1. The molecule has 0 amide bonds. The van der Waals surface area contributed by atoms with E-state index in [0.717, 1.165) is 17.8 Å². The molecule has 0 saturated carbocycles. The third-order valence-corrected chi connectivity index (χ3v) is 3.71. The summed E-state index contributed by atoms with van der Waals surface area (Å²) in [5.41, 5.74) is 2.31. The van der Waals surface area contributed by atoms with E-state index < -0.39 is 6.10 Å². The van der Waals surface area contributed by atoms with Crippen molar-refractivity contribution >= 4 is 11.0 Å². The highest BCUT2D eigenvalue weighted by molar-refractivity contribution is 5.71. The average molecular weight is 297 g/mol. The third kappa shape index (κ3) is 3.12. The van der Waals surface area contributed by atoms with Crippen LogP contribution in [0.1, 0.15) is 6.92 Å². The van der Waals surface area contributed by atoms with Gasteiger partial charge in [0.05, 0.1) is 6.54 Å². The summed E-state index contributed by atoms with van der Waals surface area (Å²) in [5, 5.41) is 10.3. The van der Waals surface area contributed by atoms with E-state index in [4.69, 9.17) is 4.74 Å². The molecule has 0 fully saturated rings. The first-order valence-corrected chi connectivity index (χ1v) is 7.61. The lowest BCUT2D eigenvalue weighted by molar-refractivity contribution is -0.679. The molecule has 4 heteroatoms. The van der Waals surface area contributed by atoms with Gasteiger partial charge in [-0.05, 0) is 31.2 Å². The molecular formula is C18H21N2O2+. The van der Waals surface area contributed by atoms with Crippen molar-refractivity contribution in [1.29, 1.82) is 0 Å². The highest BCUT2D eigenvalue weighted by atomic mass is 16.5. The van der Waals surface area contributed by atoms with Crippen molar-refractivity contribution in [1.82, 2.24) is 4.57 Å². The van der Waals surface area contributed by atoms with E-state index >= 15 is 0 Å². The molecule has 4 nitrogen and oxygen atoms in total. The standard InChI is InChI=1S/C18H21N2O2/c1-2-19-14-20(18-11-7-6-10-17(18)19)12-15(21)13-22-16-8-4-3-5-9-16/h3-11,14-15,21H,2,12-13H2,1H3/q+1/t15-/m1/s1. The molecule has 0 bridgehead atoms. The van der Waals surface area contributed by atoms with Gasteiger partial charge in [0, 0.05) is 0 Å².